The Hall–Kier alpha value is -2.40. The van der Waals surface area contributed by atoms with Gasteiger partial charge in [0.1, 0.15) is 5.52 Å². The predicted octanol–water partition coefficient (Wildman–Crippen LogP) is 1.93. The van der Waals surface area contributed by atoms with Crippen LogP contribution in [0.4, 0.5) is 5.69 Å². The van der Waals surface area contributed by atoms with Gasteiger partial charge < -0.3 is 5.43 Å². The summed E-state index contributed by atoms with van der Waals surface area (Å²) in [5.74, 6) is 5.10. The topological polar surface area (TPSA) is 79.6 Å². The molecule has 2 aromatic carbocycles. The molecule has 0 unspecified atom stereocenters. The number of rotatable bonds is 1. The van der Waals surface area contributed by atoms with Crippen LogP contribution in [0.25, 0.3) is 11.0 Å². The van der Waals surface area contributed by atoms with Crippen molar-refractivity contribution in [3.8, 4) is 0 Å². The fraction of sp³-hybridized carbons (Fsp3) is 0. The molecule has 0 aliphatic heterocycles. The molecule has 1 heterocycles. The van der Waals surface area contributed by atoms with Crippen molar-refractivity contribution in [1.29, 1.82) is 0 Å². The number of para-hydroxylation sites is 2. The number of hydrogen-bond acceptors (Lipinski definition) is 4. The zero-order valence-corrected chi connectivity index (χ0v) is 9.17. The normalized spacial score (nSPS) is 9.47. The predicted molar refractivity (Wildman–Crippen MR) is 68.1 cm³/mol. The Morgan fingerprint density at radius 1 is 0.941 bits per heavy atom. The lowest BCUT2D eigenvalue weighted by Gasteiger charge is -1.94. The second-order valence-electron chi connectivity index (χ2n) is 3.34. The highest BCUT2D eigenvalue weighted by molar-refractivity contribution is 5.72. The summed E-state index contributed by atoms with van der Waals surface area (Å²) in [5, 5.41) is 10.2. The molecule has 3 aromatic rings. The van der Waals surface area contributed by atoms with Crippen molar-refractivity contribution in [2.75, 3.05) is 5.43 Å². The van der Waals surface area contributed by atoms with Gasteiger partial charge in [-0.2, -0.15) is 0 Å². The van der Waals surface area contributed by atoms with E-state index in [2.05, 4.69) is 20.8 Å². The van der Waals surface area contributed by atoms with Gasteiger partial charge in [-0.3, -0.25) is 10.9 Å². The highest BCUT2D eigenvalue weighted by atomic mass is 15.3. The van der Waals surface area contributed by atoms with Crippen molar-refractivity contribution < 1.29 is 0 Å². The Morgan fingerprint density at radius 2 is 1.65 bits per heavy atom. The van der Waals surface area contributed by atoms with E-state index in [1.165, 1.54) is 0 Å². The summed E-state index contributed by atoms with van der Waals surface area (Å²) < 4.78 is 0. The average Bonchev–Trinajstić information content (AvgIpc) is 2.89. The van der Waals surface area contributed by atoms with Gasteiger partial charge in [-0.15, -0.1) is 5.10 Å². The number of aromatic amines is 1. The standard InChI is InChI=1S/C6H5N3.C6H8N2/c1-2-4-6-5(3-1)7-9-8-6;7-8-6-4-2-1-3-5-6/h1-4H,(H,7,8,9);1-5,8H,7H2. The number of nitrogens with two attached hydrogens (primary N) is 1. The van der Waals surface area contributed by atoms with Crippen LogP contribution in [-0.4, -0.2) is 15.4 Å². The molecular weight excluding hydrogens is 214 g/mol. The van der Waals surface area contributed by atoms with Crippen LogP contribution in [0.1, 0.15) is 0 Å². The molecule has 0 amide bonds. The van der Waals surface area contributed by atoms with Gasteiger partial charge in [-0.1, -0.05) is 35.5 Å². The van der Waals surface area contributed by atoms with E-state index in [4.69, 9.17) is 5.84 Å². The van der Waals surface area contributed by atoms with E-state index in [0.29, 0.717) is 0 Å². The third-order valence-electron chi connectivity index (χ3n) is 2.17. The van der Waals surface area contributed by atoms with Gasteiger partial charge in [0, 0.05) is 5.69 Å². The molecule has 0 fully saturated rings. The number of hydrazine groups is 1. The quantitative estimate of drug-likeness (QED) is 0.438. The summed E-state index contributed by atoms with van der Waals surface area (Å²) in [5.41, 5.74) is 5.36. The Kier molecular flexibility index (Phi) is 3.67. The van der Waals surface area contributed by atoms with Gasteiger partial charge in [-0.25, -0.2) is 0 Å². The van der Waals surface area contributed by atoms with E-state index >= 15 is 0 Å². The summed E-state index contributed by atoms with van der Waals surface area (Å²) in [6, 6.07) is 17.3. The van der Waals surface area contributed by atoms with Gasteiger partial charge in [0.25, 0.3) is 0 Å². The molecule has 17 heavy (non-hydrogen) atoms. The fourth-order valence-electron chi connectivity index (χ4n) is 1.32. The zero-order chi connectivity index (χ0) is 11.9. The smallest absolute Gasteiger partial charge is 0.112 e. The lowest BCUT2D eigenvalue weighted by molar-refractivity contribution is 0.959. The van der Waals surface area contributed by atoms with Crippen molar-refractivity contribution in [3.63, 3.8) is 0 Å². The molecular formula is C12H13N5. The average molecular weight is 227 g/mol. The molecule has 0 saturated heterocycles. The van der Waals surface area contributed by atoms with Crippen LogP contribution in [0.15, 0.2) is 54.6 Å². The molecule has 86 valence electrons. The maximum atomic E-state index is 5.10. The lowest BCUT2D eigenvalue weighted by atomic mass is 10.3. The van der Waals surface area contributed by atoms with Crippen molar-refractivity contribution in [1.82, 2.24) is 15.4 Å². The molecule has 0 saturated carbocycles. The first-order valence-electron chi connectivity index (χ1n) is 5.17. The molecule has 0 aliphatic carbocycles. The Labute approximate surface area is 98.6 Å². The molecule has 4 N–H and O–H groups in total. The molecule has 0 spiro atoms. The summed E-state index contributed by atoms with van der Waals surface area (Å²) in [6.07, 6.45) is 0. The minimum absolute atomic E-state index is 0.914. The zero-order valence-electron chi connectivity index (χ0n) is 9.17. The molecule has 0 aliphatic rings. The number of H-pyrrole nitrogens is 1. The monoisotopic (exact) mass is 227 g/mol. The third-order valence-corrected chi connectivity index (χ3v) is 2.17. The number of nitrogens with one attached hydrogen (secondary N) is 2. The maximum absolute atomic E-state index is 5.10. The second kappa shape index (κ2) is 5.62. The van der Waals surface area contributed by atoms with Crippen LogP contribution in [0, 0.1) is 0 Å². The number of nitrogens with zero attached hydrogens (tertiary/aromatic N) is 2. The van der Waals surface area contributed by atoms with Gasteiger partial charge in [0.05, 0.1) is 5.52 Å². The van der Waals surface area contributed by atoms with Gasteiger partial charge in [0.15, 0.2) is 0 Å². The first kappa shape index (κ1) is 11.1. The van der Waals surface area contributed by atoms with Crippen molar-refractivity contribution in [2.24, 2.45) is 5.84 Å². The van der Waals surface area contributed by atoms with E-state index in [-0.39, 0.29) is 0 Å². The number of anilines is 1. The molecule has 5 heteroatoms. The SMILES string of the molecule is NNc1ccccc1.c1ccc2[nH]nnc2c1. The molecule has 0 atom stereocenters. The van der Waals surface area contributed by atoms with Crippen LogP contribution in [-0.2, 0) is 0 Å². The highest BCUT2D eigenvalue weighted by Crippen LogP contribution is 2.03. The largest absolute Gasteiger partial charge is 0.324 e. The maximum Gasteiger partial charge on any atom is 0.112 e. The second-order valence-corrected chi connectivity index (χ2v) is 3.34. The van der Waals surface area contributed by atoms with Crippen molar-refractivity contribution in [3.05, 3.63) is 54.6 Å². The lowest BCUT2D eigenvalue weighted by Crippen LogP contribution is -2.05. The first-order chi connectivity index (χ1) is 8.40. The van der Waals surface area contributed by atoms with Gasteiger partial charge >= 0.3 is 0 Å². The van der Waals surface area contributed by atoms with Crippen LogP contribution >= 0.6 is 0 Å². The summed E-state index contributed by atoms with van der Waals surface area (Å²) in [4.78, 5) is 0. The Bertz CT molecular complexity index is 531. The molecule has 3 rings (SSSR count). The molecule has 0 bridgehead atoms. The van der Waals surface area contributed by atoms with E-state index < -0.39 is 0 Å². The number of benzene rings is 2. The fourth-order valence-corrected chi connectivity index (χ4v) is 1.32. The molecule has 5 nitrogen and oxygen atoms in total. The van der Waals surface area contributed by atoms with Gasteiger partial charge in [-0.05, 0) is 24.3 Å². The van der Waals surface area contributed by atoms with Crippen LogP contribution in [0.3, 0.4) is 0 Å². The van der Waals surface area contributed by atoms with Crippen LogP contribution in [0.5, 0.6) is 0 Å². The minimum Gasteiger partial charge on any atom is -0.324 e. The van der Waals surface area contributed by atoms with Crippen LogP contribution < -0.4 is 11.3 Å². The summed E-state index contributed by atoms with van der Waals surface area (Å²) in [7, 11) is 0. The Balaban J connectivity index is 0.000000128. The molecule has 1 aromatic heterocycles. The van der Waals surface area contributed by atoms with Crippen molar-refractivity contribution in [2.45, 2.75) is 0 Å². The van der Waals surface area contributed by atoms with Crippen molar-refractivity contribution >= 4 is 16.7 Å². The van der Waals surface area contributed by atoms with Crippen LogP contribution in [0.2, 0.25) is 0 Å². The number of aromatic nitrogens is 3. The summed E-state index contributed by atoms with van der Waals surface area (Å²) >= 11 is 0. The van der Waals surface area contributed by atoms with E-state index in [0.717, 1.165) is 16.7 Å². The third kappa shape index (κ3) is 3.02. The van der Waals surface area contributed by atoms with E-state index in [9.17, 15) is 0 Å². The Morgan fingerprint density at radius 3 is 2.29 bits per heavy atom. The first-order valence-corrected chi connectivity index (χ1v) is 5.17. The highest BCUT2D eigenvalue weighted by Gasteiger charge is 1.90. The van der Waals surface area contributed by atoms with E-state index in [1.54, 1.807) is 0 Å². The number of fused-ring (bicyclic) bond motifs is 1. The molecule has 0 radical (unpaired) electrons. The number of hydrogen-bond donors (Lipinski definition) is 3. The van der Waals surface area contributed by atoms with Gasteiger partial charge in [0.2, 0.25) is 0 Å². The number of nitrogen functional groups attached to an aromatic ring is 1. The van der Waals surface area contributed by atoms with E-state index in [1.807, 2.05) is 54.6 Å². The minimum atomic E-state index is 0.914. The summed E-state index contributed by atoms with van der Waals surface area (Å²) in [6.45, 7) is 0.